The molecule has 1 saturated heterocycles. The Labute approximate surface area is 178 Å². The molecule has 2 aromatic rings. The second kappa shape index (κ2) is 10.0. The molecule has 0 unspecified atom stereocenters. The minimum Gasteiger partial charge on any atom is -0.492 e. The summed E-state index contributed by atoms with van der Waals surface area (Å²) in [6, 6.07) is 15.3. The fraction of sp³-hybridized carbons (Fsp3) is 0.391. The number of nitrogens with one attached hydrogen (secondary N) is 2. The van der Waals surface area contributed by atoms with Crippen LogP contribution >= 0.6 is 0 Å². The summed E-state index contributed by atoms with van der Waals surface area (Å²) < 4.78 is 5.74. The van der Waals surface area contributed by atoms with Crippen LogP contribution in [0.1, 0.15) is 32.4 Å². The van der Waals surface area contributed by atoms with Gasteiger partial charge in [-0.3, -0.25) is 4.79 Å². The summed E-state index contributed by atoms with van der Waals surface area (Å²) in [5, 5.41) is 5.84. The maximum Gasteiger partial charge on any atom is 0.317 e. The molecule has 7 nitrogen and oxygen atoms in total. The van der Waals surface area contributed by atoms with Crippen molar-refractivity contribution in [2.24, 2.45) is 0 Å². The van der Waals surface area contributed by atoms with Crippen molar-refractivity contribution in [3.8, 4) is 5.75 Å². The van der Waals surface area contributed by atoms with Crippen LogP contribution in [0.25, 0.3) is 0 Å². The van der Waals surface area contributed by atoms with E-state index in [1.807, 2.05) is 61.2 Å². The van der Waals surface area contributed by atoms with E-state index in [4.69, 9.17) is 4.74 Å². The standard InChI is InChI=1S/C23H30N4O3/c1-4-30-22-11-6-5-10-21(22)26-12-14-27(15-13-26)23(29)24-17(2)19-8-7-9-20(16-19)25-18(3)28/h5-11,16-17H,4,12-15H2,1-3H3,(H,24,29)(H,25,28)/t17-/m0/s1. The van der Waals surface area contributed by atoms with E-state index < -0.39 is 0 Å². The van der Waals surface area contributed by atoms with E-state index in [0.29, 0.717) is 19.7 Å². The van der Waals surface area contributed by atoms with Crippen LogP contribution < -0.4 is 20.3 Å². The molecule has 0 aliphatic carbocycles. The average molecular weight is 411 g/mol. The lowest BCUT2D eigenvalue weighted by Gasteiger charge is -2.37. The van der Waals surface area contributed by atoms with Crippen molar-refractivity contribution in [2.75, 3.05) is 43.0 Å². The van der Waals surface area contributed by atoms with Gasteiger partial charge in [0, 0.05) is 38.8 Å². The van der Waals surface area contributed by atoms with Gasteiger partial charge in [-0.05, 0) is 43.7 Å². The summed E-state index contributed by atoms with van der Waals surface area (Å²) in [5.74, 6) is 0.762. The Morgan fingerprint density at radius 1 is 1.07 bits per heavy atom. The third kappa shape index (κ3) is 5.43. The molecule has 160 valence electrons. The van der Waals surface area contributed by atoms with Gasteiger partial charge < -0.3 is 25.2 Å². The second-order valence-electron chi connectivity index (χ2n) is 7.35. The molecule has 7 heteroatoms. The summed E-state index contributed by atoms with van der Waals surface area (Å²) in [6.45, 7) is 8.82. The number of piperazine rings is 1. The van der Waals surface area contributed by atoms with Gasteiger partial charge in [0.2, 0.25) is 5.91 Å². The van der Waals surface area contributed by atoms with Crippen LogP contribution in [-0.4, -0.2) is 49.6 Å². The van der Waals surface area contributed by atoms with Crippen LogP contribution in [0, 0.1) is 0 Å². The van der Waals surface area contributed by atoms with Crippen LogP contribution in [0.15, 0.2) is 48.5 Å². The van der Waals surface area contributed by atoms with Gasteiger partial charge in [-0.25, -0.2) is 4.79 Å². The van der Waals surface area contributed by atoms with Crippen LogP contribution in [0.2, 0.25) is 0 Å². The smallest absolute Gasteiger partial charge is 0.317 e. The lowest BCUT2D eigenvalue weighted by atomic mass is 10.1. The molecule has 1 aliphatic heterocycles. The lowest BCUT2D eigenvalue weighted by Crippen LogP contribution is -2.52. The number of carbonyl (C=O) groups is 2. The molecule has 2 N–H and O–H groups in total. The number of ether oxygens (including phenoxy) is 1. The topological polar surface area (TPSA) is 73.9 Å². The summed E-state index contributed by atoms with van der Waals surface area (Å²) in [7, 11) is 0. The number of hydrogen-bond donors (Lipinski definition) is 2. The summed E-state index contributed by atoms with van der Waals surface area (Å²) >= 11 is 0. The zero-order valence-electron chi connectivity index (χ0n) is 17.9. The first kappa shape index (κ1) is 21.5. The van der Waals surface area contributed by atoms with Crippen molar-refractivity contribution in [2.45, 2.75) is 26.8 Å². The number of carbonyl (C=O) groups excluding carboxylic acids is 2. The largest absolute Gasteiger partial charge is 0.492 e. The molecule has 2 aromatic carbocycles. The van der Waals surface area contributed by atoms with Gasteiger partial charge in [0.15, 0.2) is 0 Å². The lowest BCUT2D eigenvalue weighted by molar-refractivity contribution is -0.114. The third-order valence-electron chi connectivity index (χ3n) is 5.12. The van der Waals surface area contributed by atoms with E-state index in [1.54, 1.807) is 0 Å². The highest BCUT2D eigenvalue weighted by atomic mass is 16.5. The van der Waals surface area contributed by atoms with Gasteiger partial charge in [-0.15, -0.1) is 0 Å². The van der Waals surface area contributed by atoms with Gasteiger partial charge >= 0.3 is 6.03 Å². The number of rotatable bonds is 6. The van der Waals surface area contributed by atoms with Crippen molar-refractivity contribution in [1.82, 2.24) is 10.2 Å². The number of benzene rings is 2. The third-order valence-corrected chi connectivity index (χ3v) is 5.12. The molecule has 0 spiro atoms. The Hall–Kier alpha value is -3.22. The molecule has 0 bridgehead atoms. The maximum absolute atomic E-state index is 12.8. The highest BCUT2D eigenvalue weighted by Gasteiger charge is 2.24. The molecule has 1 fully saturated rings. The number of hydrogen-bond acceptors (Lipinski definition) is 4. The van der Waals surface area contributed by atoms with Gasteiger partial charge in [0.05, 0.1) is 18.3 Å². The van der Waals surface area contributed by atoms with E-state index >= 15 is 0 Å². The van der Waals surface area contributed by atoms with Crippen LogP contribution in [0.5, 0.6) is 5.75 Å². The average Bonchev–Trinajstić information content (AvgIpc) is 2.74. The van der Waals surface area contributed by atoms with Gasteiger partial charge in [0.25, 0.3) is 0 Å². The molecule has 1 heterocycles. The van der Waals surface area contributed by atoms with E-state index in [9.17, 15) is 9.59 Å². The van der Waals surface area contributed by atoms with E-state index in [2.05, 4.69) is 21.6 Å². The molecule has 3 rings (SSSR count). The van der Waals surface area contributed by atoms with Crippen LogP contribution in [0.3, 0.4) is 0 Å². The van der Waals surface area contributed by atoms with Crippen molar-refractivity contribution in [1.29, 1.82) is 0 Å². The van der Waals surface area contributed by atoms with E-state index in [-0.39, 0.29) is 18.0 Å². The summed E-state index contributed by atoms with van der Waals surface area (Å²) in [4.78, 5) is 28.1. The number of amides is 3. The summed E-state index contributed by atoms with van der Waals surface area (Å²) in [5.41, 5.74) is 2.74. The summed E-state index contributed by atoms with van der Waals surface area (Å²) in [6.07, 6.45) is 0. The fourth-order valence-corrected chi connectivity index (χ4v) is 3.60. The SMILES string of the molecule is CCOc1ccccc1N1CCN(C(=O)N[C@@H](C)c2cccc(NC(C)=O)c2)CC1. The first-order chi connectivity index (χ1) is 14.5. The Balaban J connectivity index is 1.56. The zero-order chi connectivity index (χ0) is 21.5. The number of urea groups is 1. The molecule has 0 saturated carbocycles. The first-order valence-electron chi connectivity index (χ1n) is 10.4. The molecule has 3 amide bonds. The normalized spacial score (nSPS) is 14.8. The van der Waals surface area contributed by atoms with Crippen LogP contribution in [0.4, 0.5) is 16.2 Å². The minimum atomic E-state index is -0.164. The number of nitrogens with zero attached hydrogens (tertiary/aromatic N) is 2. The second-order valence-corrected chi connectivity index (χ2v) is 7.35. The van der Waals surface area contributed by atoms with E-state index in [1.165, 1.54) is 6.92 Å². The monoisotopic (exact) mass is 410 g/mol. The van der Waals surface area contributed by atoms with Gasteiger partial charge in [-0.1, -0.05) is 24.3 Å². The maximum atomic E-state index is 12.8. The first-order valence-corrected chi connectivity index (χ1v) is 10.4. The number of para-hydroxylation sites is 2. The predicted molar refractivity (Wildman–Crippen MR) is 119 cm³/mol. The molecular weight excluding hydrogens is 380 g/mol. The Bertz CT molecular complexity index is 878. The highest BCUT2D eigenvalue weighted by molar-refractivity contribution is 5.88. The molecule has 1 aliphatic rings. The van der Waals surface area contributed by atoms with Crippen molar-refractivity contribution < 1.29 is 14.3 Å². The molecular formula is C23H30N4O3. The van der Waals surface area contributed by atoms with Gasteiger partial charge in [-0.2, -0.15) is 0 Å². The molecule has 0 aromatic heterocycles. The minimum absolute atomic E-state index is 0.0785. The molecule has 30 heavy (non-hydrogen) atoms. The van der Waals surface area contributed by atoms with Crippen molar-refractivity contribution in [3.63, 3.8) is 0 Å². The fourth-order valence-electron chi connectivity index (χ4n) is 3.60. The van der Waals surface area contributed by atoms with Crippen molar-refractivity contribution in [3.05, 3.63) is 54.1 Å². The number of anilines is 2. The quantitative estimate of drug-likeness (QED) is 0.763. The zero-order valence-corrected chi connectivity index (χ0v) is 17.9. The highest BCUT2D eigenvalue weighted by Crippen LogP contribution is 2.29. The Kier molecular flexibility index (Phi) is 7.17. The van der Waals surface area contributed by atoms with Crippen molar-refractivity contribution >= 4 is 23.3 Å². The molecule has 0 radical (unpaired) electrons. The van der Waals surface area contributed by atoms with Crippen LogP contribution in [-0.2, 0) is 4.79 Å². The Morgan fingerprint density at radius 2 is 1.80 bits per heavy atom. The van der Waals surface area contributed by atoms with Gasteiger partial charge in [0.1, 0.15) is 5.75 Å². The Morgan fingerprint density at radius 3 is 2.50 bits per heavy atom. The molecule has 1 atom stereocenters. The predicted octanol–water partition coefficient (Wildman–Crippen LogP) is 3.64. The van der Waals surface area contributed by atoms with E-state index in [0.717, 1.165) is 35.8 Å².